The van der Waals surface area contributed by atoms with Crippen LogP contribution in [0.4, 0.5) is 4.39 Å². The van der Waals surface area contributed by atoms with Crippen LogP contribution in [-0.2, 0) is 13.0 Å². The van der Waals surface area contributed by atoms with Gasteiger partial charge in [-0.1, -0.05) is 6.07 Å². The molecule has 0 spiro atoms. The SMILES string of the molecule is CCn1ncnc1CC(=O)c1ccc(Br)c(F)c1. The van der Waals surface area contributed by atoms with Crippen molar-refractivity contribution in [2.75, 3.05) is 0 Å². The Morgan fingerprint density at radius 2 is 2.28 bits per heavy atom. The van der Waals surface area contributed by atoms with Gasteiger partial charge in [0.1, 0.15) is 18.0 Å². The maximum Gasteiger partial charge on any atom is 0.170 e. The van der Waals surface area contributed by atoms with E-state index in [0.717, 1.165) is 0 Å². The van der Waals surface area contributed by atoms with Crippen LogP contribution in [0.15, 0.2) is 29.0 Å². The van der Waals surface area contributed by atoms with Gasteiger partial charge in [0.05, 0.1) is 10.9 Å². The number of carbonyl (C=O) groups is 1. The molecule has 4 nitrogen and oxygen atoms in total. The van der Waals surface area contributed by atoms with Gasteiger partial charge in [-0.05, 0) is 35.0 Å². The average Bonchev–Trinajstić information content (AvgIpc) is 2.79. The molecule has 0 fully saturated rings. The molecule has 2 aromatic rings. The number of Topliss-reactive ketones (excluding diaryl/α,β-unsaturated/α-hetero) is 1. The molecule has 0 aliphatic carbocycles. The minimum absolute atomic E-state index is 0.120. The van der Waals surface area contributed by atoms with E-state index in [2.05, 4.69) is 26.0 Å². The van der Waals surface area contributed by atoms with Crippen LogP contribution in [0.25, 0.3) is 0 Å². The molecule has 6 heteroatoms. The van der Waals surface area contributed by atoms with Crippen molar-refractivity contribution in [3.63, 3.8) is 0 Å². The zero-order valence-electron chi connectivity index (χ0n) is 9.73. The molecule has 0 saturated heterocycles. The molecule has 0 unspecified atom stereocenters. The molecule has 0 bridgehead atoms. The summed E-state index contributed by atoms with van der Waals surface area (Å²) >= 11 is 3.05. The van der Waals surface area contributed by atoms with Crippen molar-refractivity contribution in [2.45, 2.75) is 19.9 Å². The van der Waals surface area contributed by atoms with Crippen LogP contribution in [-0.4, -0.2) is 20.5 Å². The molecule has 18 heavy (non-hydrogen) atoms. The Morgan fingerprint density at radius 3 is 2.94 bits per heavy atom. The van der Waals surface area contributed by atoms with Crippen molar-refractivity contribution < 1.29 is 9.18 Å². The van der Waals surface area contributed by atoms with Crippen molar-refractivity contribution >= 4 is 21.7 Å². The molecule has 0 atom stereocenters. The number of halogens is 2. The third kappa shape index (κ3) is 2.64. The maximum absolute atomic E-state index is 13.3. The van der Waals surface area contributed by atoms with Gasteiger partial charge in [-0.3, -0.25) is 4.79 Å². The zero-order chi connectivity index (χ0) is 13.1. The zero-order valence-corrected chi connectivity index (χ0v) is 11.3. The first-order valence-electron chi connectivity index (χ1n) is 5.46. The van der Waals surface area contributed by atoms with Crippen LogP contribution in [0.2, 0.25) is 0 Å². The Kier molecular flexibility index (Phi) is 3.86. The summed E-state index contributed by atoms with van der Waals surface area (Å²) in [4.78, 5) is 16.0. The molecule has 0 amide bonds. The van der Waals surface area contributed by atoms with Crippen molar-refractivity contribution in [3.05, 3.63) is 46.2 Å². The molecule has 0 aliphatic rings. The second kappa shape index (κ2) is 5.39. The van der Waals surface area contributed by atoms with E-state index in [9.17, 15) is 9.18 Å². The van der Waals surface area contributed by atoms with Gasteiger partial charge in [-0.15, -0.1) is 0 Å². The lowest BCUT2D eigenvalue weighted by molar-refractivity contribution is 0.0989. The molecule has 94 valence electrons. The molecule has 1 heterocycles. The highest BCUT2D eigenvalue weighted by Gasteiger charge is 2.13. The fourth-order valence-corrected chi connectivity index (χ4v) is 1.85. The largest absolute Gasteiger partial charge is 0.294 e. The first-order chi connectivity index (χ1) is 8.61. The molecule has 0 saturated carbocycles. The normalized spacial score (nSPS) is 10.6. The molecule has 1 aromatic heterocycles. The molecule has 0 radical (unpaired) electrons. The van der Waals surface area contributed by atoms with Crippen molar-refractivity contribution in [3.8, 4) is 0 Å². The second-order valence-electron chi connectivity index (χ2n) is 3.72. The fraction of sp³-hybridized carbons (Fsp3) is 0.250. The molecule has 2 rings (SSSR count). The number of ketones is 1. The van der Waals surface area contributed by atoms with E-state index in [1.807, 2.05) is 6.92 Å². The predicted octanol–water partition coefficient (Wildman–Crippen LogP) is 2.63. The Labute approximate surface area is 112 Å². The van der Waals surface area contributed by atoms with Crippen LogP contribution < -0.4 is 0 Å². The maximum atomic E-state index is 13.3. The van der Waals surface area contributed by atoms with Crippen molar-refractivity contribution in [1.29, 1.82) is 0 Å². The van der Waals surface area contributed by atoms with Gasteiger partial charge in [0.2, 0.25) is 0 Å². The summed E-state index contributed by atoms with van der Waals surface area (Å²) in [5.41, 5.74) is 0.335. The first-order valence-corrected chi connectivity index (χ1v) is 6.26. The Bertz CT molecular complexity index is 582. The van der Waals surface area contributed by atoms with Crippen LogP contribution >= 0.6 is 15.9 Å². The molecular weight excluding hydrogens is 301 g/mol. The third-order valence-electron chi connectivity index (χ3n) is 2.56. The standard InChI is InChI=1S/C12H11BrFN3O/c1-2-17-12(15-7-16-17)6-11(18)8-3-4-9(13)10(14)5-8/h3-5,7H,2,6H2,1H3. The lowest BCUT2D eigenvalue weighted by Crippen LogP contribution is -2.11. The van der Waals surface area contributed by atoms with Crippen LogP contribution in [0.5, 0.6) is 0 Å². The summed E-state index contributed by atoms with van der Waals surface area (Å²) in [6, 6.07) is 4.33. The van der Waals surface area contributed by atoms with Crippen molar-refractivity contribution in [1.82, 2.24) is 14.8 Å². The van der Waals surface area contributed by atoms with Gasteiger partial charge >= 0.3 is 0 Å². The average molecular weight is 312 g/mol. The van der Waals surface area contributed by atoms with E-state index in [0.29, 0.717) is 22.4 Å². The predicted molar refractivity (Wildman–Crippen MR) is 67.8 cm³/mol. The minimum Gasteiger partial charge on any atom is -0.294 e. The highest BCUT2D eigenvalue weighted by atomic mass is 79.9. The number of carbonyl (C=O) groups excluding carboxylic acids is 1. The minimum atomic E-state index is -0.446. The summed E-state index contributed by atoms with van der Waals surface area (Å²) < 4.78 is 15.3. The summed E-state index contributed by atoms with van der Waals surface area (Å²) in [5, 5.41) is 3.98. The Morgan fingerprint density at radius 1 is 1.50 bits per heavy atom. The fourth-order valence-electron chi connectivity index (χ4n) is 1.60. The van der Waals surface area contributed by atoms with E-state index >= 15 is 0 Å². The smallest absolute Gasteiger partial charge is 0.170 e. The van der Waals surface area contributed by atoms with Gasteiger partial charge in [0.15, 0.2) is 5.78 Å². The molecule has 0 N–H and O–H groups in total. The van der Waals surface area contributed by atoms with E-state index < -0.39 is 5.82 Å². The lowest BCUT2D eigenvalue weighted by atomic mass is 10.1. The number of hydrogen-bond acceptors (Lipinski definition) is 3. The van der Waals surface area contributed by atoms with E-state index in [4.69, 9.17) is 0 Å². The number of aryl methyl sites for hydroxylation is 1. The van der Waals surface area contributed by atoms with Crippen LogP contribution in [0, 0.1) is 5.82 Å². The summed E-state index contributed by atoms with van der Waals surface area (Å²) in [5.74, 6) is -0.0345. The van der Waals surface area contributed by atoms with E-state index in [1.165, 1.54) is 18.5 Å². The summed E-state index contributed by atoms with van der Waals surface area (Å²) in [7, 11) is 0. The molecule has 1 aromatic carbocycles. The molecular formula is C12H11BrFN3O. The monoisotopic (exact) mass is 311 g/mol. The highest BCUT2D eigenvalue weighted by Crippen LogP contribution is 2.17. The number of hydrogen-bond donors (Lipinski definition) is 0. The van der Waals surface area contributed by atoms with E-state index in [-0.39, 0.29) is 12.2 Å². The van der Waals surface area contributed by atoms with Gasteiger partial charge < -0.3 is 0 Å². The van der Waals surface area contributed by atoms with Crippen molar-refractivity contribution in [2.24, 2.45) is 0 Å². The van der Waals surface area contributed by atoms with E-state index in [1.54, 1.807) is 10.7 Å². The van der Waals surface area contributed by atoms with Gasteiger partial charge in [-0.2, -0.15) is 5.10 Å². The number of nitrogens with zero attached hydrogens (tertiary/aromatic N) is 3. The third-order valence-corrected chi connectivity index (χ3v) is 3.20. The topological polar surface area (TPSA) is 47.8 Å². The first kappa shape index (κ1) is 12.9. The number of benzene rings is 1. The number of rotatable bonds is 4. The lowest BCUT2D eigenvalue weighted by Gasteiger charge is -2.03. The van der Waals surface area contributed by atoms with Crippen LogP contribution in [0.1, 0.15) is 23.1 Å². The summed E-state index contributed by atoms with van der Waals surface area (Å²) in [6.07, 6.45) is 1.53. The Balaban J connectivity index is 2.19. The number of aromatic nitrogens is 3. The Hall–Kier alpha value is -1.56. The quantitative estimate of drug-likeness (QED) is 0.816. The van der Waals surface area contributed by atoms with Gasteiger partial charge in [-0.25, -0.2) is 14.1 Å². The molecule has 0 aliphatic heterocycles. The second-order valence-corrected chi connectivity index (χ2v) is 4.58. The summed E-state index contributed by atoms with van der Waals surface area (Å²) in [6.45, 7) is 2.57. The van der Waals surface area contributed by atoms with Gasteiger partial charge in [0.25, 0.3) is 0 Å². The highest BCUT2D eigenvalue weighted by molar-refractivity contribution is 9.10. The van der Waals surface area contributed by atoms with Crippen LogP contribution in [0.3, 0.4) is 0 Å². The van der Waals surface area contributed by atoms with Gasteiger partial charge in [0, 0.05) is 12.1 Å².